The Morgan fingerprint density at radius 2 is 1.76 bits per heavy atom. The molecule has 112 valence electrons. The molecule has 1 N–H and O–H groups in total. The molecule has 2 nitrogen and oxygen atoms in total. The predicted octanol–water partition coefficient (Wildman–Crippen LogP) is 6.70. The fourth-order valence-corrected chi connectivity index (χ4v) is 3.29. The minimum absolute atomic E-state index is 0.0712. The maximum atomic E-state index is 6.26. The van der Waals surface area contributed by atoms with E-state index in [4.69, 9.17) is 27.9 Å². The zero-order valence-electron chi connectivity index (χ0n) is 11.4. The Morgan fingerprint density at radius 3 is 2.38 bits per heavy atom. The number of nitrogens with one attached hydrogen (secondary N) is 1. The van der Waals surface area contributed by atoms with Gasteiger partial charge in [-0.1, -0.05) is 29.3 Å². The molecule has 0 fully saturated rings. The lowest BCUT2D eigenvalue weighted by Gasteiger charge is -2.18. The van der Waals surface area contributed by atoms with Gasteiger partial charge in [0.25, 0.3) is 0 Å². The monoisotopic (exact) mass is 451 g/mol. The molecule has 0 heterocycles. The van der Waals surface area contributed by atoms with Crippen LogP contribution in [0.2, 0.25) is 10.0 Å². The van der Waals surface area contributed by atoms with E-state index in [-0.39, 0.29) is 6.04 Å². The summed E-state index contributed by atoms with van der Waals surface area (Å²) < 4.78 is 6.93. The van der Waals surface area contributed by atoms with Crippen LogP contribution in [-0.4, -0.2) is 7.11 Å². The van der Waals surface area contributed by atoms with Crippen LogP contribution in [0.5, 0.6) is 5.75 Å². The van der Waals surface area contributed by atoms with Crippen molar-refractivity contribution in [2.75, 3.05) is 12.4 Å². The van der Waals surface area contributed by atoms with E-state index in [2.05, 4.69) is 44.1 Å². The summed E-state index contributed by atoms with van der Waals surface area (Å²) in [4.78, 5) is 0. The average Bonchev–Trinajstić information content (AvgIpc) is 2.47. The van der Waals surface area contributed by atoms with Crippen molar-refractivity contribution in [3.05, 3.63) is 54.9 Å². The van der Waals surface area contributed by atoms with Crippen LogP contribution in [0.3, 0.4) is 0 Å². The highest BCUT2D eigenvalue weighted by Gasteiger charge is 2.13. The maximum Gasteiger partial charge on any atom is 0.133 e. The lowest BCUT2D eigenvalue weighted by Crippen LogP contribution is -2.07. The lowest BCUT2D eigenvalue weighted by atomic mass is 10.1. The molecule has 0 saturated heterocycles. The van der Waals surface area contributed by atoms with Crippen molar-refractivity contribution in [3.8, 4) is 5.75 Å². The van der Waals surface area contributed by atoms with E-state index in [0.29, 0.717) is 10.0 Å². The highest BCUT2D eigenvalue weighted by molar-refractivity contribution is 9.10. The van der Waals surface area contributed by atoms with Crippen LogP contribution in [0.1, 0.15) is 18.5 Å². The molecule has 2 aromatic carbocycles. The van der Waals surface area contributed by atoms with E-state index in [1.54, 1.807) is 7.11 Å². The number of halogens is 4. The quantitative estimate of drug-likeness (QED) is 0.520. The van der Waals surface area contributed by atoms with Crippen molar-refractivity contribution >= 4 is 60.7 Å². The molecule has 21 heavy (non-hydrogen) atoms. The highest BCUT2D eigenvalue weighted by atomic mass is 79.9. The summed E-state index contributed by atoms with van der Waals surface area (Å²) in [6.07, 6.45) is 0. The number of rotatable bonds is 4. The average molecular weight is 454 g/mol. The molecule has 0 aliphatic carbocycles. The topological polar surface area (TPSA) is 21.3 Å². The van der Waals surface area contributed by atoms with Crippen LogP contribution in [0, 0.1) is 0 Å². The Hall–Kier alpha value is -0.420. The number of ether oxygens (including phenoxy) is 1. The van der Waals surface area contributed by atoms with Gasteiger partial charge in [0.05, 0.1) is 27.3 Å². The SMILES string of the molecule is COc1ccc(C(C)Nc2ccc(Br)c(Cl)c2Cl)cc1Br. The Morgan fingerprint density at radius 1 is 1.05 bits per heavy atom. The summed E-state index contributed by atoms with van der Waals surface area (Å²) in [5.74, 6) is 0.802. The second-order valence-corrected chi connectivity index (χ2v) is 6.95. The van der Waals surface area contributed by atoms with E-state index in [0.717, 1.165) is 25.9 Å². The molecule has 6 heteroatoms. The first-order valence-corrected chi connectivity index (χ1v) is 8.51. The highest BCUT2D eigenvalue weighted by Crippen LogP contribution is 2.37. The van der Waals surface area contributed by atoms with Crippen molar-refractivity contribution in [2.24, 2.45) is 0 Å². The van der Waals surface area contributed by atoms with Crippen LogP contribution < -0.4 is 10.1 Å². The van der Waals surface area contributed by atoms with Crippen LogP contribution >= 0.6 is 55.1 Å². The molecular formula is C15H13Br2Cl2NO. The third-order valence-corrected chi connectivity index (χ3v) is 5.47. The van der Waals surface area contributed by atoms with Gasteiger partial charge >= 0.3 is 0 Å². The second kappa shape index (κ2) is 7.23. The van der Waals surface area contributed by atoms with Crippen LogP contribution in [0.25, 0.3) is 0 Å². The third kappa shape index (κ3) is 3.86. The van der Waals surface area contributed by atoms with Gasteiger partial charge in [-0.3, -0.25) is 0 Å². The molecule has 0 saturated carbocycles. The van der Waals surface area contributed by atoms with E-state index >= 15 is 0 Å². The van der Waals surface area contributed by atoms with Gasteiger partial charge < -0.3 is 10.1 Å². The number of methoxy groups -OCH3 is 1. The predicted molar refractivity (Wildman–Crippen MR) is 96.9 cm³/mol. The van der Waals surface area contributed by atoms with Gasteiger partial charge in [0.1, 0.15) is 5.75 Å². The van der Waals surface area contributed by atoms with Crippen LogP contribution in [0.15, 0.2) is 39.3 Å². The summed E-state index contributed by atoms with van der Waals surface area (Å²) in [5.41, 5.74) is 1.90. The Bertz CT molecular complexity index is 664. The standard InChI is InChI=1S/C15H13Br2Cl2NO/c1-8(9-3-6-13(21-2)11(17)7-9)20-12-5-4-10(16)14(18)15(12)19/h3-8,20H,1-2H3. The van der Waals surface area contributed by atoms with Crippen molar-refractivity contribution in [1.82, 2.24) is 0 Å². The Labute approximate surface area is 151 Å². The Kier molecular flexibility index (Phi) is 5.83. The first-order valence-electron chi connectivity index (χ1n) is 6.17. The lowest BCUT2D eigenvalue weighted by molar-refractivity contribution is 0.412. The zero-order valence-corrected chi connectivity index (χ0v) is 16.1. The van der Waals surface area contributed by atoms with Crippen molar-refractivity contribution < 1.29 is 4.74 Å². The van der Waals surface area contributed by atoms with E-state index in [1.165, 1.54) is 0 Å². The third-order valence-electron chi connectivity index (χ3n) is 3.08. The number of hydrogen-bond acceptors (Lipinski definition) is 2. The first-order chi connectivity index (χ1) is 9.93. The number of anilines is 1. The maximum absolute atomic E-state index is 6.26. The molecule has 0 spiro atoms. The molecule has 0 radical (unpaired) electrons. The smallest absolute Gasteiger partial charge is 0.133 e. The first kappa shape index (κ1) is 16.9. The van der Waals surface area contributed by atoms with Gasteiger partial charge in [0.15, 0.2) is 0 Å². The molecular weight excluding hydrogens is 441 g/mol. The minimum Gasteiger partial charge on any atom is -0.496 e. The molecule has 0 amide bonds. The van der Waals surface area contributed by atoms with Gasteiger partial charge in [-0.05, 0) is 68.6 Å². The van der Waals surface area contributed by atoms with E-state index in [1.807, 2.05) is 30.3 Å². The Balaban J connectivity index is 2.24. The summed E-state index contributed by atoms with van der Waals surface area (Å²) in [7, 11) is 1.64. The molecule has 0 aromatic heterocycles. The molecule has 0 aliphatic rings. The fraction of sp³-hybridized carbons (Fsp3) is 0.200. The van der Waals surface area contributed by atoms with Gasteiger partial charge in [0.2, 0.25) is 0 Å². The summed E-state index contributed by atoms with van der Waals surface area (Å²) in [5, 5.41) is 4.37. The van der Waals surface area contributed by atoms with Crippen molar-refractivity contribution in [1.29, 1.82) is 0 Å². The van der Waals surface area contributed by atoms with Gasteiger partial charge in [-0.15, -0.1) is 0 Å². The van der Waals surface area contributed by atoms with Crippen molar-refractivity contribution in [3.63, 3.8) is 0 Å². The van der Waals surface area contributed by atoms with Gasteiger partial charge in [-0.2, -0.15) is 0 Å². The minimum atomic E-state index is 0.0712. The molecule has 2 rings (SSSR count). The fourth-order valence-electron chi connectivity index (χ4n) is 1.91. The normalized spacial score (nSPS) is 12.1. The summed E-state index contributed by atoms with van der Waals surface area (Å²) >= 11 is 19.2. The van der Waals surface area contributed by atoms with Crippen molar-refractivity contribution in [2.45, 2.75) is 13.0 Å². The van der Waals surface area contributed by atoms with E-state index < -0.39 is 0 Å². The van der Waals surface area contributed by atoms with E-state index in [9.17, 15) is 0 Å². The van der Waals surface area contributed by atoms with Crippen LogP contribution in [-0.2, 0) is 0 Å². The molecule has 2 aromatic rings. The molecule has 1 atom stereocenters. The number of benzene rings is 2. The largest absolute Gasteiger partial charge is 0.496 e. The number of hydrogen-bond donors (Lipinski definition) is 1. The van der Waals surface area contributed by atoms with Gasteiger partial charge in [-0.25, -0.2) is 0 Å². The second-order valence-electron chi connectivity index (χ2n) is 4.48. The van der Waals surface area contributed by atoms with Gasteiger partial charge in [0, 0.05) is 10.5 Å². The zero-order chi connectivity index (χ0) is 15.6. The summed E-state index contributed by atoms with van der Waals surface area (Å²) in [6, 6.07) is 9.79. The van der Waals surface area contributed by atoms with Crippen LogP contribution in [0.4, 0.5) is 5.69 Å². The molecule has 0 aliphatic heterocycles. The molecule has 0 bridgehead atoms. The molecule has 1 unspecified atom stereocenters. The summed E-state index contributed by atoms with van der Waals surface area (Å²) in [6.45, 7) is 2.06.